The quantitative estimate of drug-likeness (QED) is 0.238. The van der Waals surface area contributed by atoms with Crippen LogP contribution in [0.1, 0.15) is 0 Å². The van der Waals surface area contributed by atoms with E-state index < -0.39 is 10.7 Å². The molecule has 0 heterocycles. The van der Waals surface area contributed by atoms with Gasteiger partial charge in [-0.2, -0.15) is 5.26 Å². The van der Waals surface area contributed by atoms with Gasteiger partial charge in [0.15, 0.2) is 5.40 Å². The molecular formula is CHNO2S. The summed E-state index contributed by atoms with van der Waals surface area (Å²) in [6.07, 6.45) is 0. The molecule has 0 radical (unpaired) electrons. The van der Waals surface area contributed by atoms with E-state index in [4.69, 9.17) is 13.7 Å². The maximum absolute atomic E-state index is 9.04. The first kappa shape index (κ1) is 4.44. The zero-order chi connectivity index (χ0) is 4.28. The molecule has 0 aromatic carbocycles. The fourth-order valence-corrected chi connectivity index (χ4v) is 0. The average Bonchev–Trinajstić information content (AvgIpc) is 1.38. The number of nitrogens with zero attached hydrogens (tertiary/aromatic N) is 1. The van der Waals surface area contributed by atoms with E-state index in [-0.39, 0.29) is 0 Å². The van der Waals surface area contributed by atoms with E-state index >= 15 is 0 Å². The molecule has 5 heavy (non-hydrogen) atoms. The van der Waals surface area contributed by atoms with Crippen LogP contribution in [0.3, 0.4) is 0 Å². The summed E-state index contributed by atoms with van der Waals surface area (Å²) in [4.78, 5) is 0. The van der Waals surface area contributed by atoms with Crippen LogP contribution < -0.4 is 0 Å². The zero-order valence-electron chi connectivity index (χ0n) is 2.21. The van der Waals surface area contributed by atoms with Gasteiger partial charge in [0, 0.05) is 0 Å². The molecule has 0 unspecified atom stereocenters. The van der Waals surface area contributed by atoms with E-state index in [2.05, 4.69) is 0 Å². The summed E-state index contributed by atoms with van der Waals surface area (Å²) in [6, 6.07) is 0. The Kier molecular flexibility index (Phi) is 1.54. The summed E-state index contributed by atoms with van der Waals surface area (Å²) >= 11 is 0. The molecule has 0 saturated heterocycles. The van der Waals surface area contributed by atoms with Crippen molar-refractivity contribution in [3.8, 4) is 5.40 Å². The minimum Gasteiger partial charge on any atom is -0.216 e. The number of nitriles is 1. The van der Waals surface area contributed by atoms with E-state index in [0.29, 0.717) is 0 Å². The molecule has 0 aromatic rings. The molecule has 4 heteroatoms. The molecule has 0 aliphatic carbocycles. The van der Waals surface area contributed by atoms with Crippen molar-refractivity contribution < 1.29 is 8.42 Å². The van der Waals surface area contributed by atoms with Crippen LogP contribution in [0.5, 0.6) is 0 Å². The lowest BCUT2D eigenvalue weighted by molar-refractivity contribution is 0.622. The van der Waals surface area contributed by atoms with E-state index in [1.807, 2.05) is 0 Å². The SMILES string of the molecule is N#C[SH](=O)=O. The highest BCUT2D eigenvalue weighted by molar-refractivity contribution is 7.77. The van der Waals surface area contributed by atoms with Crippen LogP contribution >= 0.6 is 0 Å². The highest BCUT2D eigenvalue weighted by Gasteiger charge is 1.60. The third-order valence-electron chi connectivity index (χ3n) is 0.0816. The second kappa shape index (κ2) is 1.73. The number of rotatable bonds is 0. The number of thiol groups is 1. The van der Waals surface area contributed by atoms with E-state index in [1.165, 1.54) is 0 Å². The topological polar surface area (TPSA) is 57.9 Å². The zero-order valence-corrected chi connectivity index (χ0v) is 3.11. The molecule has 0 rings (SSSR count). The molecular weight excluding hydrogens is 90.1 g/mol. The van der Waals surface area contributed by atoms with Crippen molar-refractivity contribution in [2.45, 2.75) is 0 Å². The summed E-state index contributed by atoms with van der Waals surface area (Å²) in [5, 5.41) is 8.28. The maximum atomic E-state index is 9.04. The largest absolute Gasteiger partial charge is 0.231 e. The van der Waals surface area contributed by atoms with Gasteiger partial charge in [-0.3, -0.25) is 0 Å². The van der Waals surface area contributed by atoms with Crippen LogP contribution in [0.4, 0.5) is 0 Å². The fraction of sp³-hybridized carbons (Fsp3) is 0. The van der Waals surface area contributed by atoms with Crippen molar-refractivity contribution in [3.63, 3.8) is 0 Å². The molecule has 0 spiro atoms. The van der Waals surface area contributed by atoms with Gasteiger partial charge in [-0.1, -0.05) is 0 Å². The molecule has 0 aromatic heterocycles. The lowest BCUT2D eigenvalue weighted by Crippen LogP contribution is -1.56. The van der Waals surface area contributed by atoms with Crippen molar-refractivity contribution in [3.05, 3.63) is 0 Å². The van der Waals surface area contributed by atoms with Gasteiger partial charge in [-0.25, -0.2) is 8.42 Å². The van der Waals surface area contributed by atoms with Crippen molar-refractivity contribution in [2.24, 2.45) is 0 Å². The van der Waals surface area contributed by atoms with Gasteiger partial charge < -0.3 is 0 Å². The summed E-state index contributed by atoms with van der Waals surface area (Å²) in [6.45, 7) is 0. The lowest BCUT2D eigenvalue weighted by Gasteiger charge is -1.39. The van der Waals surface area contributed by atoms with Gasteiger partial charge in [0.2, 0.25) is 10.7 Å². The van der Waals surface area contributed by atoms with Crippen molar-refractivity contribution in [1.29, 1.82) is 5.26 Å². The Bertz CT molecular complexity index is 110. The molecule has 0 amide bonds. The molecule has 0 atom stereocenters. The van der Waals surface area contributed by atoms with Crippen LogP contribution in [0.2, 0.25) is 0 Å². The Hall–Kier alpha value is -0.560. The van der Waals surface area contributed by atoms with Gasteiger partial charge in [0.1, 0.15) is 0 Å². The van der Waals surface area contributed by atoms with Crippen LogP contribution in [0.15, 0.2) is 0 Å². The molecule has 0 N–H and O–H groups in total. The van der Waals surface area contributed by atoms with Crippen molar-refractivity contribution in [1.82, 2.24) is 0 Å². The van der Waals surface area contributed by atoms with Gasteiger partial charge in [-0.05, 0) is 0 Å². The number of hydrogen-bond donors (Lipinski definition) is 1. The standard InChI is InChI=1S/CHNO2S/c2-1-5(3)4/h5H. The Morgan fingerprint density at radius 3 is 1.80 bits per heavy atom. The number of thiocyanates is 1. The maximum Gasteiger partial charge on any atom is 0.231 e. The Morgan fingerprint density at radius 1 is 1.60 bits per heavy atom. The summed E-state index contributed by atoms with van der Waals surface area (Å²) in [5.74, 6) is 0. The summed E-state index contributed by atoms with van der Waals surface area (Å²) < 4.78 is 18.1. The molecule has 0 bridgehead atoms. The van der Waals surface area contributed by atoms with Crippen molar-refractivity contribution >= 4 is 10.7 Å². The Labute approximate surface area is 30.8 Å². The second-order valence-electron chi connectivity index (χ2n) is 0.357. The first-order chi connectivity index (χ1) is 2.27. The normalized spacial score (nSPS) is 7.20. The van der Waals surface area contributed by atoms with E-state index in [1.54, 1.807) is 0 Å². The predicted octanol–water partition coefficient (Wildman–Crippen LogP) is -0.921. The first-order valence-electron chi connectivity index (χ1n) is 0.812. The van der Waals surface area contributed by atoms with Gasteiger partial charge in [0.05, 0.1) is 0 Å². The fourth-order valence-electron chi connectivity index (χ4n) is 0. The van der Waals surface area contributed by atoms with Crippen molar-refractivity contribution in [2.75, 3.05) is 0 Å². The van der Waals surface area contributed by atoms with Gasteiger partial charge >= 0.3 is 0 Å². The smallest absolute Gasteiger partial charge is 0.216 e. The van der Waals surface area contributed by atoms with Crippen LogP contribution in [0, 0.1) is 10.7 Å². The minimum atomic E-state index is -2.79. The minimum absolute atomic E-state index is 0.981. The molecule has 28 valence electrons. The lowest BCUT2D eigenvalue weighted by atomic mass is 11.8. The third kappa shape index (κ3) is 3.44. The third-order valence-corrected chi connectivity index (χ3v) is 0.245. The number of hydrogen-bond acceptors (Lipinski definition) is 3. The first-order valence-corrected chi connectivity index (χ1v) is 1.99. The molecule has 0 aliphatic rings. The summed E-state index contributed by atoms with van der Waals surface area (Å²) in [5.41, 5.74) is 0. The van der Waals surface area contributed by atoms with Gasteiger partial charge in [-0.15, -0.1) is 0 Å². The predicted molar refractivity (Wildman–Crippen MR) is 15.9 cm³/mol. The molecule has 0 saturated carbocycles. The highest BCUT2D eigenvalue weighted by atomic mass is 32.2. The molecule has 0 aliphatic heterocycles. The average molecular weight is 91.1 g/mol. The Balaban J connectivity index is 3.88. The monoisotopic (exact) mass is 91.0 g/mol. The summed E-state index contributed by atoms with van der Waals surface area (Å²) in [7, 11) is -2.79. The molecule has 0 fully saturated rings. The molecule has 3 nitrogen and oxygen atoms in total. The van der Waals surface area contributed by atoms with E-state index in [9.17, 15) is 0 Å². The van der Waals surface area contributed by atoms with Crippen LogP contribution in [0.25, 0.3) is 0 Å². The highest BCUT2D eigenvalue weighted by Crippen LogP contribution is 1.42. The van der Waals surface area contributed by atoms with E-state index in [0.717, 1.165) is 5.40 Å². The Morgan fingerprint density at radius 2 is 1.80 bits per heavy atom. The second-order valence-corrected chi connectivity index (χ2v) is 1.07. The van der Waals surface area contributed by atoms with Gasteiger partial charge in [0.25, 0.3) is 0 Å². The van der Waals surface area contributed by atoms with Crippen LogP contribution in [-0.2, 0) is 10.7 Å². The van der Waals surface area contributed by atoms with Crippen LogP contribution in [-0.4, -0.2) is 8.42 Å².